The lowest BCUT2D eigenvalue weighted by molar-refractivity contribution is 0.235. The summed E-state index contributed by atoms with van der Waals surface area (Å²) in [4.78, 5) is 0. The molecule has 2 nitrogen and oxygen atoms in total. The third-order valence-corrected chi connectivity index (χ3v) is 2.73. The van der Waals surface area contributed by atoms with Crippen molar-refractivity contribution in [1.82, 2.24) is 0 Å². The number of hydrogen-bond donors (Lipinski definition) is 1. The Balaban J connectivity index is 2.00. The van der Waals surface area contributed by atoms with Gasteiger partial charge in [0, 0.05) is 10.7 Å². The fraction of sp³-hybridized carbons (Fsp3) is 0.300. The molecule has 1 heterocycles. The Labute approximate surface area is 93.2 Å². The second kappa shape index (κ2) is 4.39. The third kappa shape index (κ3) is 2.32. The van der Waals surface area contributed by atoms with Crippen LogP contribution in [0.4, 0.5) is 5.69 Å². The van der Waals surface area contributed by atoms with Crippen LogP contribution in [0.15, 0.2) is 24.3 Å². The molecule has 1 atom stereocenters. The standard InChI is InChI=1S/C10H10Cl2NO/c11-7-1-3-8(4-2-7)13-9-5-6-14-10(9)12/h1-4,9,13H,5-6H2. The van der Waals surface area contributed by atoms with Gasteiger partial charge < -0.3 is 10.1 Å². The minimum absolute atomic E-state index is 0.109. The van der Waals surface area contributed by atoms with E-state index in [9.17, 15) is 0 Å². The highest BCUT2D eigenvalue weighted by molar-refractivity contribution is 6.30. The zero-order chi connectivity index (χ0) is 9.97. The van der Waals surface area contributed by atoms with Gasteiger partial charge in [0.25, 0.3) is 0 Å². The number of anilines is 1. The molecule has 1 saturated heterocycles. The van der Waals surface area contributed by atoms with Gasteiger partial charge in [0.1, 0.15) is 0 Å². The number of benzene rings is 1. The predicted molar refractivity (Wildman–Crippen MR) is 58.5 cm³/mol. The van der Waals surface area contributed by atoms with E-state index in [4.69, 9.17) is 27.9 Å². The van der Waals surface area contributed by atoms with Crippen molar-refractivity contribution in [3.63, 3.8) is 0 Å². The lowest BCUT2D eigenvalue weighted by atomic mass is 10.2. The maximum absolute atomic E-state index is 5.87. The molecule has 0 saturated carbocycles. The number of hydrogen-bond acceptors (Lipinski definition) is 2. The zero-order valence-electron chi connectivity index (χ0n) is 7.47. The quantitative estimate of drug-likeness (QED) is 0.843. The van der Waals surface area contributed by atoms with Crippen molar-refractivity contribution in [2.24, 2.45) is 0 Å². The first-order chi connectivity index (χ1) is 6.75. The molecule has 0 spiro atoms. The molecule has 4 heteroatoms. The van der Waals surface area contributed by atoms with Crippen molar-refractivity contribution < 1.29 is 4.74 Å². The monoisotopic (exact) mass is 230 g/mol. The van der Waals surface area contributed by atoms with Crippen LogP contribution in [0.3, 0.4) is 0 Å². The van der Waals surface area contributed by atoms with Crippen LogP contribution in [0.25, 0.3) is 0 Å². The van der Waals surface area contributed by atoms with Crippen LogP contribution in [-0.4, -0.2) is 12.6 Å². The molecular weight excluding hydrogens is 221 g/mol. The van der Waals surface area contributed by atoms with Crippen molar-refractivity contribution in [1.29, 1.82) is 0 Å². The van der Waals surface area contributed by atoms with Crippen molar-refractivity contribution in [2.45, 2.75) is 12.5 Å². The normalized spacial score (nSPS) is 22.6. The van der Waals surface area contributed by atoms with Gasteiger partial charge in [0.05, 0.1) is 12.6 Å². The summed E-state index contributed by atoms with van der Waals surface area (Å²) in [6, 6.07) is 7.63. The highest BCUT2D eigenvalue weighted by Crippen LogP contribution is 2.27. The Kier molecular flexibility index (Phi) is 3.16. The Morgan fingerprint density at radius 3 is 2.50 bits per heavy atom. The van der Waals surface area contributed by atoms with Crippen LogP contribution in [0.1, 0.15) is 6.42 Å². The molecule has 1 aromatic carbocycles. The second-order valence-electron chi connectivity index (χ2n) is 3.15. The van der Waals surface area contributed by atoms with Crippen LogP contribution in [0, 0.1) is 5.56 Å². The molecule has 1 aliphatic heterocycles. The molecule has 1 aliphatic rings. The molecule has 1 aromatic rings. The topological polar surface area (TPSA) is 21.3 Å². The first-order valence-corrected chi connectivity index (χ1v) is 5.18. The minimum atomic E-state index is 0.109. The van der Waals surface area contributed by atoms with E-state index in [2.05, 4.69) is 5.32 Å². The fourth-order valence-electron chi connectivity index (χ4n) is 1.36. The molecule has 1 radical (unpaired) electrons. The molecule has 14 heavy (non-hydrogen) atoms. The largest absolute Gasteiger partial charge is 0.378 e. The number of halogens is 2. The van der Waals surface area contributed by atoms with Crippen LogP contribution in [0.5, 0.6) is 0 Å². The second-order valence-corrected chi connectivity index (χ2v) is 3.95. The Morgan fingerprint density at radius 1 is 1.21 bits per heavy atom. The summed E-state index contributed by atoms with van der Waals surface area (Å²) in [5.41, 5.74) is 1.54. The first-order valence-electron chi connectivity index (χ1n) is 4.43. The summed E-state index contributed by atoms with van der Waals surface area (Å²) in [5.74, 6) is 0. The maximum Gasteiger partial charge on any atom is 0.206 e. The summed E-state index contributed by atoms with van der Waals surface area (Å²) >= 11 is 11.6. The van der Waals surface area contributed by atoms with Gasteiger partial charge in [-0.25, -0.2) is 0 Å². The summed E-state index contributed by atoms with van der Waals surface area (Å²) in [5, 5.41) is 4.00. The van der Waals surface area contributed by atoms with Crippen molar-refractivity contribution in [3.05, 3.63) is 34.9 Å². The molecule has 0 bridgehead atoms. The summed E-state index contributed by atoms with van der Waals surface area (Å²) in [6.45, 7) is 0.685. The Morgan fingerprint density at radius 2 is 1.93 bits per heavy atom. The fourth-order valence-corrected chi connectivity index (χ4v) is 1.73. The molecule has 1 N–H and O–H groups in total. The van der Waals surface area contributed by atoms with E-state index in [0.717, 1.165) is 17.1 Å². The number of rotatable bonds is 2. The molecule has 1 fully saturated rings. The van der Waals surface area contributed by atoms with E-state index >= 15 is 0 Å². The SMILES string of the molecule is Cl[C]1OCCC1Nc1ccc(Cl)cc1. The van der Waals surface area contributed by atoms with Gasteiger partial charge >= 0.3 is 0 Å². The van der Waals surface area contributed by atoms with E-state index in [1.165, 1.54) is 0 Å². The number of ether oxygens (including phenoxy) is 1. The number of nitrogens with one attached hydrogen (secondary N) is 1. The first kappa shape index (κ1) is 10.1. The average Bonchev–Trinajstić information content (AvgIpc) is 2.56. The van der Waals surface area contributed by atoms with Gasteiger partial charge in [-0.3, -0.25) is 0 Å². The van der Waals surface area contributed by atoms with Crippen molar-refractivity contribution in [2.75, 3.05) is 11.9 Å². The zero-order valence-corrected chi connectivity index (χ0v) is 8.98. The average molecular weight is 231 g/mol. The predicted octanol–water partition coefficient (Wildman–Crippen LogP) is 3.27. The minimum Gasteiger partial charge on any atom is -0.378 e. The van der Waals surface area contributed by atoms with E-state index in [1.54, 1.807) is 0 Å². The molecule has 0 aliphatic carbocycles. The Bertz CT molecular complexity index is 301. The molecular formula is C10H10Cl2NO. The van der Waals surface area contributed by atoms with Gasteiger partial charge in [-0.2, -0.15) is 0 Å². The maximum atomic E-state index is 5.87. The van der Waals surface area contributed by atoms with E-state index in [0.29, 0.717) is 12.2 Å². The van der Waals surface area contributed by atoms with Gasteiger partial charge in [0.2, 0.25) is 5.56 Å². The smallest absolute Gasteiger partial charge is 0.206 e. The van der Waals surface area contributed by atoms with E-state index in [-0.39, 0.29) is 6.04 Å². The van der Waals surface area contributed by atoms with Crippen molar-refractivity contribution >= 4 is 28.9 Å². The van der Waals surface area contributed by atoms with Gasteiger partial charge in [-0.1, -0.05) is 23.2 Å². The van der Waals surface area contributed by atoms with Crippen molar-refractivity contribution in [3.8, 4) is 0 Å². The van der Waals surface area contributed by atoms with E-state index in [1.807, 2.05) is 24.3 Å². The van der Waals surface area contributed by atoms with Gasteiger partial charge in [-0.15, -0.1) is 0 Å². The molecule has 0 amide bonds. The van der Waals surface area contributed by atoms with Crippen LogP contribution < -0.4 is 5.32 Å². The lowest BCUT2D eigenvalue weighted by Gasteiger charge is -2.14. The summed E-state index contributed by atoms with van der Waals surface area (Å²) in [6.07, 6.45) is 0.904. The molecule has 0 aromatic heterocycles. The highest BCUT2D eigenvalue weighted by atomic mass is 35.5. The van der Waals surface area contributed by atoms with Crippen LogP contribution >= 0.6 is 23.2 Å². The lowest BCUT2D eigenvalue weighted by Crippen LogP contribution is -2.19. The third-order valence-electron chi connectivity index (χ3n) is 2.11. The summed E-state index contributed by atoms with van der Waals surface area (Å²) in [7, 11) is 0. The van der Waals surface area contributed by atoms with Crippen LogP contribution in [0.2, 0.25) is 5.02 Å². The molecule has 75 valence electrons. The van der Waals surface area contributed by atoms with E-state index < -0.39 is 0 Å². The Hall–Kier alpha value is -0.440. The molecule has 2 rings (SSSR count). The van der Waals surface area contributed by atoms with Gasteiger partial charge in [-0.05, 0) is 30.7 Å². The highest BCUT2D eigenvalue weighted by Gasteiger charge is 2.27. The summed E-state index contributed by atoms with van der Waals surface area (Å²) < 4.78 is 5.15. The van der Waals surface area contributed by atoms with Gasteiger partial charge in [0.15, 0.2) is 0 Å². The van der Waals surface area contributed by atoms with Crippen LogP contribution in [-0.2, 0) is 4.74 Å². The molecule has 1 unspecified atom stereocenters.